The molecule has 5 heterocycles. The van der Waals surface area contributed by atoms with Gasteiger partial charge in [-0.3, -0.25) is 0 Å². The first kappa shape index (κ1) is 28.2. The molecule has 0 spiro atoms. The Balaban J connectivity index is 1.21. The van der Waals surface area contributed by atoms with Gasteiger partial charge in [0.05, 0.1) is 83.6 Å². The quantitative estimate of drug-likeness (QED) is 0.161. The summed E-state index contributed by atoms with van der Waals surface area (Å²) in [5.74, 6) is 0. The zero-order valence-electron chi connectivity index (χ0n) is 79.7. The van der Waals surface area contributed by atoms with Gasteiger partial charge < -0.3 is 19.3 Å². The van der Waals surface area contributed by atoms with Crippen LogP contribution in [0.3, 0.4) is 0 Å². The lowest BCUT2D eigenvalue weighted by Crippen LogP contribution is -2.61. The summed E-state index contributed by atoms with van der Waals surface area (Å²) in [5, 5.41) is 10.9. The van der Waals surface area contributed by atoms with Crippen LogP contribution in [0.2, 0.25) is 0 Å². The molecule has 0 unspecified atom stereocenters. The Bertz CT molecular complexity index is 6600. The van der Waals surface area contributed by atoms with Gasteiger partial charge in [-0.2, -0.15) is 5.26 Å². The van der Waals surface area contributed by atoms with Crippen LogP contribution in [0.4, 0.5) is 51.2 Å². The highest BCUT2D eigenvalue weighted by molar-refractivity contribution is 7.26. The smallest absolute Gasteiger partial charge is 0.252 e. The van der Waals surface area contributed by atoms with Gasteiger partial charge in [0, 0.05) is 70.8 Å². The summed E-state index contributed by atoms with van der Waals surface area (Å²) in [6.45, 7) is 17.5. The van der Waals surface area contributed by atoms with Crippen molar-refractivity contribution >= 4 is 128 Å². The fourth-order valence-corrected chi connectivity index (χ4v) is 12.1. The number of thiophene rings is 1. The summed E-state index contributed by atoms with van der Waals surface area (Å²) < 4.78 is 319. The largest absolute Gasteiger partial charge is 0.311 e. The minimum absolute atomic E-state index is 0.0404. The molecule has 3 aliphatic heterocycles. The molecule has 0 radical (unpaired) electrons. The van der Waals surface area contributed by atoms with Crippen molar-refractivity contribution < 1.29 is 43.9 Å². The van der Waals surface area contributed by atoms with Crippen LogP contribution >= 0.6 is 11.3 Å². The Morgan fingerprint density at radius 3 is 1.71 bits per heavy atom. The summed E-state index contributed by atoms with van der Waals surface area (Å²) in [6, 6.07) is -25.2. The second-order valence-corrected chi connectivity index (χ2v) is 26.2. The first-order valence-electron chi connectivity index (χ1n) is 43.2. The Morgan fingerprint density at radius 2 is 1.06 bits per heavy atom. The van der Waals surface area contributed by atoms with Gasteiger partial charge in [0.2, 0.25) is 0 Å². The number of rotatable bonds is 5. The van der Waals surface area contributed by atoms with Crippen molar-refractivity contribution in [2.45, 2.75) is 105 Å². The number of nitriles is 1. The number of para-hydroxylation sites is 1. The zero-order chi connectivity index (χ0) is 85.9. The lowest BCUT2D eigenvalue weighted by Gasteiger charge is -2.46. The van der Waals surface area contributed by atoms with E-state index in [1.165, 1.54) is 9.47 Å². The molecule has 0 saturated carbocycles. The molecule has 2 aromatic heterocycles. The third-order valence-corrected chi connectivity index (χ3v) is 16.5. The summed E-state index contributed by atoms with van der Waals surface area (Å²) >= 11 is 0.596. The van der Waals surface area contributed by atoms with Crippen molar-refractivity contribution in [2.75, 3.05) is 14.7 Å². The van der Waals surface area contributed by atoms with Crippen LogP contribution in [0.1, 0.15) is 155 Å². The SMILES string of the molecule is [2H]c1c([2H])c2c3c(c1[2H])-n1c4c([2H])c([2H])c(C(C)(C)C)c([2H])c4c4c([2H])c(C(C)(C)C)c([2H])c(c41)N3c1c([2H])c(C#N)c([2H])c3c1B2c1c([2H])c([2H])c(N(c2c([2H])c([2H])c(C(C)(C)C)c([2H])c2[2H])c2c([2H])c([2H])c(C(C)(C)C)c([2H])c2[2H])c([2H])c1N3c1c([2H])c([2H])c(-c2c([2H])c([2H])c([2H])c3c2sc2c([2H])c([2H])c([2H])c([2H])c23)c([2H])c1[2H]. The summed E-state index contributed by atoms with van der Waals surface area (Å²) in [5.41, 5.74) is -17.2. The molecule has 3 aliphatic rings. The first-order valence-corrected chi connectivity index (χ1v) is 28.0. The van der Waals surface area contributed by atoms with Gasteiger partial charge in [-0.1, -0.05) is 180 Å². The third-order valence-electron chi connectivity index (χ3n) is 15.3. The van der Waals surface area contributed by atoms with E-state index in [0.29, 0.717) is 21.1 Å². The van der Waals surface area contributed by atoms with Crippen LogP contribution in [0.25, 0.3) is 58.8 Å². The van der Waals surface area contributed by atoms with Crippen LogP contribution < -0.4 is 31.1 Å². The number of hydrogen-bond acceptors (Lipinski definition) is 5. The highest BCUT2D eigenvalue weighted by atomic mass is 32.1. The molecule has 7 heteroatoms. The fraction of sp³-hybridized carbons (Fsp3) is 0.208. The van der Waals surface area contributed by atoms with E-state index < -0.39 is 294 Å². The number of anilines is 9. The van der Waals surface area contributed by atoms with Gasteiger partial charge in [0.1, 0.15) is 0 Å². The Hall–Kier alpha value is -8.83. The number of fused-ring (bicyclic) bond motifs is 12. The topological polar surface area (TPSA) is 38.4 Å². The van der Waals surface area contributed by atoms with Crippen molar-refractivity contribution in [3.63, 3.8) is 0 Å². The van der Waals surface area contributed by atoms with Crippen molar-refractivity contribution in [2.24, 2.45) is 0 Å². The molecule has 0 N–H and O–H groups in total. The molecular formula is C77H68BN5S. The molecule has 12 aromatic rings. The van der Waals surface area contributed by atoms with E-state index in [1.807, 2.05) is 6.07 Å². The molecule has 10 aromatic carbocycles. The Labute approximate surface area is 543 Å². The summed E-state index contributed by atoms with van der Waals surface area (Å²) in [7, 11) is 0. The predicted octanol–water partition coefficient (Wildman–Crippen LogP) is 19.7. The Kier molecular flexibility index (Phi) is 6.07. The molecule has 0 atom stereocenters. The lowest BCUT2D eigenvalue weighted by atomic mass is 9.33. The average molecular weight is 1140 g/mol. The molecule has 15 rings (SSSR count). The molecule has 0 saturated heterocycles. The average Bonchev–Trinajstić information content (AvgIpc) is 1.22. The molecule has 0 amide bonds. The van der Waals surface area contributed by atoms with Crippen molar-refractivity contribution in [3.8, 4) is 22.9 Å². The maximum atomic E-state index is 11.8. The van der Waals surface area contributed by atoms with Gasteiger partial charge in [-0.05, 0) is 168 Å². The third kappa shape index (κ3) is 7.86. The molecular weight excluding hydrogens is 1040 g/mol. The minimum Gasteiger partial charge on any atom is -0.311 e. The Morgan fingerprint density at radius 1 is 0.464 bits per heavy atom. The standard InChI is InChI=1S/C77H68BN5S/c1-74(2,3)48-25-32-52(33-26-48)80(53-34-27-49(28-35-53)75(4,5)6)55-36-37-61-65(44-55)81(54-30-23-47(24-31-54)56-18-15-19-58-57-17-13-14-22-69(57)84-73(56)58)66-39-46(45-79)40-67-70(66)78(61)62-20-16-21-64-72(62)83(67)68-43-51(77(10,11)12)42-60-59-41-50(76(7,8)9)29-38-63(59)82(64)71(60)68/h13-44H,1-12H3/i13D,14D,15D,16D,17D,18D,19D,20D,21D,22D,23D,24D,25D,26D,27D,28D,29D,30D,31D,32D,33D,34D,35D,36D,37D,38D,39D,40D,41D,42D,43D,44D. The van der Waals surface area contributed by atoms with E-state index in [4.69, 9.17) is 5.48 Å². The summed E-state index contributed by atoms with van der Waals surface area (Å²) in [6.07, 6.45) is 0. The van der Waals surface area contributed by atoms with E-state index in [0.717, 1.165) is 0 Å². The minimum atomic E-state index is -2.16. The molecule has 410 valence electrons. The van der Waals surface area contributed by atoms with E-state index in [-0.39, 0.29) is 82.0 Å². The van der Waals surface area contributed by atoms with Crippen molar-refractivity contribution in [1.29, 1.82) is 5.26 Å². The van der Waals surface area contributed by atoms with Crippen molar-refractivity contribution in [1.82, 2.24) is 4.57 Å². The maximum Gasteiger partial charge on any atom is 0.252 e. The highest BCUT2D eigenvalue weighted by Gasteiger charge is 2.47. The fourth-order valence-electron chi connectivity index (χ4n) is 11.1. The van der Waals surface area contributed by atoms with Gasteiger partial charge in [0.25, 0.3) is 6.71 Å². The van der Waals surface area contributed by atoms with E-state index in [9.17, 15) is 43.6 Å². The van der Waals surface area contributed by atoms with Gasteiger partial charge >= 0.3 is 0 Å². The van der Waals surface area contributed by atoms with Crippen LogP contribution in [-0.2, 0) is 21.7 Å². The van der Waals surface area contributed by atoms with E-state index in [2.05, 4.69) is 0 Å². The van der Waals surface area contributed by atoms with E-state index in [1.54, 1.807) is 83.1 Å². The monoisotopic (exact) mass is 1140 g/mol. The maximum absolute atomic E-state index is 11.8. The van der Waals surface area contributed by atoms with Crippen LogP contribution in [0.5, 0.6) is 0 Å². The predicted molar refractivity (Wildman–Crippen MR) is 361 cm³/mol. The van der Waals surface area contributed by atoms with Gasteiger partial charge in [-0.25, -0.2) is 0 Å². The zero-order valence-corrected chi connectivity index (χ0v) is 48.5. The molecule has 0 aliphatic carbocycles. The number of benzene rings is 10. The number of hydrogen-bond donors (Lipinski definition) is 0. The first-order chi connectivity index (χ1) is 53.6. The molecule has 5 nitrogen and oxygen atoms in total. The lowest BCUT2D eigenvalue weighted by molar-refractivity contribution is 0.590. The van der Waals surface area contributed by atoms with E-state index >= 15 is 0 Å². The van der Waals surface area contributed by atoms with Crippen molar-refractivity contribution in [3.05, 3.63) is 221 Å². The van der Waals surface area contributed by atoms with Gasteiger partial charge in [0.15, 0.2) is 0 Å². The highest BCUT2D eigenvalue weighted by Crippen LogP contribution is 2.55. The van der Waals surface area contributed by atoms with Crippen LogP contribution in [-0.4, -0.2) is 11.3 Å². The number of nitrogens with zero attached hydrogens (tertiary/aromatic N) is 5. The molecule has 0 fully saturated rings. The second kappa shape index (κ2) is 18.1. The number of aromatic nitrogens is 1. The normalized spacial score (nSPS) is 19.0. The van der Waals surface area contributed by atoms with Gasteiger partial charge in [-0.15, -0.1) is 11.3 Å². The second-order valence-electron chi connectivity index (χ2n) is 25.2. The summed E-state index contributed by atoms with van der Waals surface area (Å²) in [4.78, 5) is 2.47. The molecule has 0 bridgehead atoms. The van der Waals surface area contributed by atoms with Crippen LogP contribution in [0, 0.1) is 11.3 Å². The van der Waals surface area contributed by atoms with Crippen LogP contribution in [0.15, 0.2) is 193 Å². The molecule has 84 heavy (non-hydrogen) atoms.